The van der Waals surface area contributed by atoms with Gasteiger partial charge in [0.25, 0.3) is 0 Å². The summed E-state index contributed by atoms with van der Waals surface area (Å²) >= 11 is 0. The maximum Gasteiger partial charge on any atom is 0.191 e. The lowest BCUT2D eigenvalue weighted by atomic mass is 9.90. The van der Waals surface area contributed by atoms with Crippen molar-refractivity contribution in [2.75, 3.05) is 13.6 Å². The first-order valence-corrected chi connectivity index (χ1v) is 8.92. The number of aliphatic hydroxyl groups excluding tert-OH is 1. The zero-order valence-corrected chi connectivity index (χ0v) is 14.9. The summed E-state index contributed by atoms with van der Waals surface area (Å²) < 4.78 is 6.09. The van der Waals surface area contributed by atoms with Crippen LogP contribution >= 0.6 is 0 Å². The molecular weight excluding hydrogens is 302 g/mol. The van der Waals surface area contributed by atoms with Crippen molar-refractivity contribution in [2.45, 2.75) is 57.3 Å². The maximum atomic E-state index is 9.98. The Morgan fingerprint density at radius 1 is 1.33 bits per heavy atom. The van der Waals surface area contributed by atoms with Gasteiger partial charge in [0.2, 0.25) is 0 Å². The molecule has 0 spiro atoms. The lowest BCUT2D eigenvalue weighted by Crippen LogP contribution is -2.46. The van der Waals surface area contributed by atoms with E-state index in [1.807, 2.05) is 18.2 Å². The van der Waals surface area contributed by atoms with E-state index < -0.39 is 0 Å². The van der Waals surface area contributed by atoms with E-state index in [2.05, 4.69) is 35.5 Å². The van der Waals surface area contributed by atoms with Crippen molar-refractivity contribution < 1.29 is 9.84 Å². The zero-order valence-electron chi connectivity index (χ0n) is 14.9. The fraction of sp³-hybridized carbons (Fsp3) is 0.632. The Labute approximate surface area is 144 Å². The van der Waals surface area contributed by atoms with Crippen LogP contribution in [0.2, 0.25) is 0 Å². The van der Waals surface area contributed by atoms with E-state index in [-0.39, 0.29) is 17.7 Å². The zero-order chi connectivity index (χ0) is 17.2. The topological polar surface area (TPSA) is 65.9 Å². The Morgan fingerprint density at radius 2 is 2.12 bits per heavy atom. The number of fused-ring (bicyclic) bond motifs is 1. The summed E-state index contributed by atoms with van der Waals surface area (Å²) in [7, 11) is 1.79. The molecule has 24 heavy (non-hydrogen) atoms. The Balaban J connectivity index is 1.67. The average Bonchev–Trinajstić information content (AvgIpc) is 2.95. The largest absolute Gasteiger partial charge is 0.487 e. The molecule has 3 atom stereocenters. The molecule has 5 heteroatoms. The highest BCUT2D eigenvalue weighted by Crippen LogP contribution is 2.39. The Bertz CT molecular complexity index is 600. The molecule has 1 aliphatic heterocycles. The van der Waals surface area contributed by atoms with Crippen LogP contribution < -0.4 is 15.4 Å². The maximum absolute atomic E-state index is 9.98. The molecule has 0 aromatic heterocycles. The number of nitrogens with one attached hydrogen (secondary N) is 2. The summed E-state index contributed by atoms with van der Waals surface area (Å²) in [4.78, 5) is 4.36. The molecule has 5 nitrogen and oxygen atoms in total. The van der Waals surface area contributed by atoms with Crippen molar-refractivity contribution in [3.05, 3.63) is 29.8 Å². The van der Waals surface area contributed by atoms with Gasteiger partial charge in [-0.25, -0.2) is 0 Å². The van der Waals surface area contributed by atoms with Crippen LogP contribution in [0.3, 0.4) is 0 Å². The van der Waals surface area contributed by atoms with Gasteiger partial charge in [0.1, 0.15) is 11.4 Å². The Hall–Kier alpha value is -1.75. The molecule has 1 heterocycles. The molecule has 1 aliphatic carbocycles. The van der Waals surface area contributed by atoms with Crippen molar-refractivity contribution in [3.63, 3.8) is 0 Å². The summed E-state index contributed by atoms with van der Waals surface area (Å²) in [5.74, 6) is 2.04. The summed E-state index contributed by atoms with van der Waals surface area (Å²) in [6.45, 7) is 4.99. The van der Waals surface area contributed by atoms with Gasteiger partial charge in [-0.3, -0.25) is 4.99 Å². The molecule has 0 saturated heterocycles. The predicted octanol–water partition coefficient (Wildman–Crippen LogP) is 2.61. The fourth-order valence-electron chi connectivity index (χ4n) is 3.77. The molecule has 0 amide bonds. The molecule has 3 unspecified atom stereocenters. The summed E-state index contributed by atoms with van der Waals surface area (Å²) in [5, 5.41) is 16.9. The third-order valence-electron chi connectivity index (χ3n) is 5.06. The van der Waals surface area contributed by atoms with Crippen molar-refractivity contribution >= 4 is 5.96 Å². The van der Waals surface area contributed by atoms with Crippen LogP contribution in [0.4, 0.5) is 0 Å². The molecule has 1 fully saturated rings. The average molecular weight is 331 g/mol. The first-order valence-electron chi connectivity index (χ1n) is 8.92. The highest BCUT2D eigenvalue weighted by atomic mass is 16.5. The smallest absolute Gasteiger partial charge is 0.191 e. The number of benzene rings is 1. The number of hydrogen-bond donors (Lipinski definition) is 3. The highest BCUT2D eigenvalue weighted by molar-refractivity contribution is 5.80. The van der Waals surface area contributed by atoms with Crippen LogP contribution in [-0.4, -0.2) is 36.4 Å². The number of ether oxygens (including phenoxy) is 1. The number of aliphatic imine (C=N–C) groups is 1. The summed E-state index contributed by atoms with van der Waals surface area (Å²) in [5.41, 5.74) is 0.952. The molecule has 3 N–H and O–H groups in total. The van der Waals surface area contributed by atoms with E-state index in [9.17, 15) is 5.11 Å². The summed E-state index contributed by atoms with van der Waals surface area (Å²) in [6.07, 6.45) is 3.80. The van der Waals surface area contributed by atoms with Crippen molar-refractivity contribution in [3.8, 4) is 5.75 Å². The number of para-hydroxylation sites is 1. The van der Waals surface area contributed by atoms with Gasteiger partial charge in [0.05, 0.1) is 12.1 Å². The van der Waals surface area contributed by atoms with Crippen LogP contribution in [0.25, 0.3) is 0 Å². The minimum absolute atomic E-state index is 0.157. The molecule has 2 aliphatic rings. The van der Waals surface area contributed by atoms with Gasteiger partial charge in [0.15, 0.2) is 5.96 Å². The quantitative estimate of drug-likeness (QED) is 0.588. The standard InChI is InChI=1S/C19H29N3O2/c1-19(2)11-15(14-8-4-5-10-17(14)24-19)22-18(20-3)21-12-13-7-6-9-16(13)23/h4-5,8,10,13,15-16,23H,6-7,9,11-12H2,1-3H3,(H2,20,21,22). The third kappa shape index (κ3) is 3.83. The van der Waals surface area contributed by atoms with Crippen LogP contribution in [0.15, 0.2) is 29.3 Å². The van der Waals surface area contributed by atoms with Gasteiger partial charge in [-0.1, -0.05) is 24.6 Å². The van der Waals surface area contributed by atoms with E-state index in [1.165, 1.54) is 5.56 Å². The summed E-state index contributed by atoms with van der Waals surface area (Å²) in [6, 6.07) is 8.34. The molecule has 1 saturated carbocycles. The van der Waals surface area contributed by atoms with Gasteiger partial charge >= 0.3 is 0 Å². The van der Waals surface area contributed by atoms with Crippen LogP contribution in [-0.2, 0) is 0 Å². The number of guanidine groups is 1. The van der Waals surface area contributed by atoms with Gasteiger partial charge in [-0.05, 0) is 32.8 Å². The molecule has 0 radical (unpaired) electrons. The van der Waals surface area contributed by atoms with E-state index in [0.29, 0.717) is 5.92 Å². The second-order valence-electron chi connectivity index (χ2n) is 7.51. The number of rotatable bonds is 3. The van der Waals surface area contributed by atoms with Crippen LogP contribution in [0, 0.1) is 5.92 Å². The lowest BCUT2D eigenvalue weighted by Gasteiger charge is -2.38. The number of hydrogen-bond acceptors (Lipinski definition) is 3. The minimum atomic E-state index is -0.216. The molecule has 1 aromatic rings. The van der Waals surface area contributed by atoms with Crippen LogP contribution in [0.5, 0.6) is 5.75 Å². The molecular formula is C19H29N3O2. The first kappa shape index (κ1) is 17.1. The van der Waals surface area contributed by atoms with E-state index >= 15 is 0 Å². The lowest BCUT2D eigenvalue weighted by molar-refractivity contribution is 0.0693. The van der Waals surface area contributed by atoms with Crippen molar-refractivity contribution in [2.24, 2.45) is 10.9 Å². The second-order valence-corrected chi connectivity index (χ2v) is 7.51. The Kier molecular flexibility index (Phi) is 4.99. The number of nitrogens with zero attached hydrogens (tertiary/aromatic N) is 1. The monoisotopic (exact) mass is 331 g/mol. The normalized spacial score (nSPS) is 28.8. The Morgan fingerprint density at radius 3 is 2.83 bits per heavy atom. The van der Waals surface area contributed by atoms with Gasteiger partial charge in [-0.2, -0.15) is 0 Å². The predicted molar refractivity (Wildman–Crippen MR) is 96.4 cm³/mol. The molecule has 1 aromatic carbocycles. The van der Waals surface area contributed by atoms with E-state index in [0.717, 1.165) is 43.9 Å². The van der Waals surface area contributed by atoms with Gasteiger partial charge < -0.3 is 20.5 Å². The molecule has 132 valence electrons. The van der Waals surface area contributed by atoms with Crippen molar-refractivity contribution in [1.29, 1.82) is 0 Å². The van der Waals surface area contributed by atoms with Crippen LogP contribution in [0.1, 0.15) is 51.1 Å². The van der Waals surface area contributed by atoms with E-state index in [1.54, 1.807) is 7.05 Å². The fourth-order valence-corrected chi connectivity index (χ4v) is 3.77. The van der Waals surface area contributed by atoms with E-state index in [4.69, 9.17) is 4.74 Å². The highest BCUT2D eigenvalue weighted by Gasteiger charge is 2.34. The second kappa shape index (κ2) is 7.01. The third-order valence-corrected chi connectivity index (χ3v) is 5.06. The first-order chi connectivity index (χ1) is 11.5. The number of aliphatic hydroxyl groups is 1. The molecule has 3 rings (SSSR count). The molecule has 0 bridgehead atoms. The van der Waals surface area contributed by atoms with Crippen molar-refractivity contribution in [1.82, 2.24) is 10.6 Å². The van der Waals surface area contributed by atoms with Gasteiger partial charge in [-0.15, -0.1) is 0 Å². The van der Waals surface area contributed by atoms with Gasteiger partial charge in [0, 0.05) is 31.5 Å². The minimum Gasteiger partial charge on any atom is -0.487 e. The SMILES string of the molecule is CN=C(NCC1CCCC1O)NC1CC(C)(C)Oc2ccccc21.